The summed E-state index contributed by atoms with van der Waals surface area (Å²) in [6.07, 6.45) is 0. The first-order chi connectivity index (χ1) is 13.3. The van der Waals surface area contributed by atoms with E-state index in [1.807, 2.05) is 27.7 Å². The molecule has 1 aliphatic heterocycles. The zero-order valence-electron chi connectivity index (χ0n) is 17.1. The summed E-state index contributed by atoms with van der Waals surface area (Å²) < 4.78 is 32.6. The van der Waals surface area contributed by atoms with Gasteiger partial charge in [-0.25, -0.2) is 8.42 Å². The molecule has 28 heavy (non-hydrogen) atoms. The molecule has 2 rings (SSSR count). The fourth-order valence-electron chi connectivity index (χ4n) is 3.00. The lowest BCUT2D eigenvalue weighted by molar-refractivity contribution is -0.113. The molecule has 0 saturated carbocycles. The van der Waals surface area contributed by atoms with Crippen LogP contribution in [0.25, 0.3) is 0 Å². The average Bonchev–Trinajstić information content (AvgIpc) is 2.67. The van der Waals surface area contributed by atoms with Gasteiger partial charge in [0.25, 0.3) is 0 Å². The van der Waals surface area contributed by atoms with Gasteiger partial charge in [0.15, 0.2) is 0 Å². The third-order valence-corrected chi connectivity index (χ3v) is 7.63. The average molecular weight is 430 g/mol. The molecular weight excluding hydrogens is 398 g/mol. The summed E-state index contributed by atoms with van der Waals surface area (Å²) in [5, 5.41) is 3.27. The highest BCUT2D eigenvalue weighted by Gasteiger charge is 2.24. The molecule has 1 saturated heterocycles. The van der Waals surface area contributed by atoms with E-state index < -0.39 is 10.0 Å². The van der Waals surface area contributed by atoms with Crippen LogP contribution in [-0.4, -0.2) is 69.0 Å². The van der Waals surface area contributed by atoms with Gasteiger partial charge in [-0.3, -0.25) is 4.79 Å². The van der Waals surface area contributed by atoms with Gasteiger partial charge < -0.3 is 15.0 Å². The number of morpholine rings is 1. The highest BCUT2D eigenvalue weighted by Crippen LogP contribution is 2.31. The molecule has 1 fully saturated rings. The lowest BCUT2D eigenvalue weighted by Crippen LogP contribution is -2.37. The van der Waals surface area contributed by atoms with Crippen molar-refractivity contribution in [3.8, 4) is 0 Å². The number of nitrogens with one attached hydrogen (secondary N) is 1. The SMILES string of the molecule is CCN(CC)S(=O)(=O)c1ccc(N2CCOCC2)c(NC(=O)CSC(C)C)c1. The van der Waals surface area contributed by atoms with E-state index in [0.717, 1.165) is 5.69 Å². The van der Waals surface area contributed by atoms with Crippen molar-refractivity contribution >= 4 is 39.1 Å². The molecule has 0 aromatic heterocycles. The molecule has 1 aromatic carbocycles. The second kappa shape index (κ2) is 10.5. The van der Waals surface area contributed by atoms with Crippen molar-refractivity contribution in [3.05, 3.63) is 18.2 Å². The molecule has 1 aliphatic rings. The van der Waals surface area contributed by atoms with Gasteiger partial charge in [0.05, 0.1) is 35.2 Å². The van der Waals surface area contributed by atoms with Crippen molar-refractivity contribution in [2.75, 3.05) is 55.4 Å². The number of thioether (sulfide) groups is 1. The summed E-state index contributed by atoms with van der Waals surface area (Å²) in [7, 11) is -3.60. The van der Waals surface area contributed by atoms with Crippen molar-refractivity contribution in [2.45, 2.75) is 37.8 Å². The zero-order valence-corrected chi connectivity index (χ0v) is 18.7. The number of rotatable bonds is 9. The van der Waals surface area contributed by atoms with E-state index in [2.05, 4.69) is 10.2 Å². The molecule has 1 amide bonds. The fraction of sp³-hybridized carbons (Fsp3) is 0.632. The first-order valence-corrected chi connectivity index (χ1v) is 12.2. The minimum Gasteiger partial charge on any atom is -0.378 e. The molecule has 7 nitrogen and oxygen atoms in total. The third-order valence-electron chi connectivity index (χ3n) is 4.48. The first-order valence-electron chi connectivity index (χ1n) is 9.67. The van der Waals surface area contributed by atoms with Gasteiger partial charge in [-0.1, -0.05) is 27.7 Å². The van der Waals surface area contributed by atoms with Crippen LogP contribution in [-0.2, 0) is 19.6 Å². The first kappa shape index (κ1) is 23.0. The molecule has 0 spiro atoms. The van der Waals surface area contributed by atoms with Gasteiger partial charge >= 0.3 is 0 Å². The summed E-state index contributed by atoms with van der Waals surface area (Å²) in [6, 6.07) is 4.99. The Hall–Kier alpha value is -1.29. The summed E-state index contributed by atoms with van der Waals surface area (Å²) in [4.78, 5) is 14.7. The molecule has 9 heteroatoms. The van der Waals surface area contributed by atoms with Crippen molar-refractivity contribution in [2.24, 2.45) is 0 Å². The maximum absolute atomic E-state index is 12.9. The molecule has 0 atom stereocenters. The molecule has 1 aromatic rings. The molecule has 158 valence electrons. The quantitative estimate of drug-likeness (QED) is 0.650. The number of nitrogens with zero attached hydrogens (tertiary/aromatic N) is 2. The van der Waals surface area contributed by atoms with Crippen molar-refractivity contribution in [3.63, 3.8) is 0 Å². The smallest absolute Gasteiger partial charge is 0.243 e. The maximum atomic E-state index is 12.9. The van der Waals surface area contributed by atoms with E-state index in [1.165, 1.54) is 4.31 Å². The number of hydrogen-bond donors (Lipinski definition) is 1. The summed E-state index contributed by atoms with van der Waals surface area (Å²) in [5.74, 6) is 0.193. The van der Waals surface area contributed by atoms with Gasteiger partial charge in [-0.15, -0.1) is 11.8 Å². The molecule has 1 N–H and O–H groups in total. The molecule has 0 unspecified atom stereocenters. The monoisotopic (exact) mass is 429 g/mol. The van der Waals surface area contributed by atoms with Crippen LogP contribution in [0.4, 0.5) is 11.4 Å². The van der Waals surface area contributed by atoms with Crippen LogP contribution < -0.4 is 10.2 Å². The van der Waals surface area contributed by atoms with Crippen LogP contribution >= 0.6 is 11.8 Å². The van der Waals surface area contributed by atoms with Gasteiger partial charge in [0, 0.05) is 26.2 Å². The largest absolute Gasteiger partial charge is 0.378 e. The predicted molar refractivity (Wildman–Crippen MR) is 116 cm³/mol. The van der Waals surface area contributed by atoms with E-state index >= 15 is 0 Å². The summed E-state index contributed by atoms with van der Waals surface area (Å²) >= 11 is 1.55. The number of sulfonamides is 1. The Bertz CT molecular complexity index is 758. The number of carbonyl (C=O) groups is 1. The van der Waals surface area contributed by atoms with Crippen LogP contribution in [0.2, 0.25) is 0 Å². The van der Waals surface area contributed by atoms with E-state index in [4.69, 9.17) is 4.74 Å². The summed E-state index contributed by atoms with van der Waals surface area (Å²) in [5.41, 5.74) is 1.36. The molecule has 0 aliphatic carbocycles. The highest BCUT2D eigenvalue weighted by atomic mass is 32.2. The lowest BCUT2D eigenvalue weighted by Gasteiger charge is -2.31. The van der Waals surface area contributed by atoms with Crippen LogP contribution in [0.3, 0.4) is 0 Å². The molecule has 1 heterocycles. The Morgan fingerprint density at radius 1 is 1.25 bits per heavy atom. The number of ether oxygens (including phenoxy) is 1. The topological polar surface area (TPSA) is 79.0 Å². The van der Waals surface area contributed by atoms with Crippen molar-refractivity contribution in [1.29, 1.82) is 0 Å². The second-order valence-corrected chi connectivity index (χ2v) is 10.3. The number of carbonyl (C=O) groups excluding carboxylic acids is 1. The minimum absolute atomic E-state index is 0.134. The Morgan fingerprint density at radius 2 is 1.89 bits per heavy atom. The van der Waals surface area contributed by atoms with Gasteiger partial charge in [-0.2, -0.15) is 4.31 Å². The Labute approximate surface area is 172 Å². The van der Waals surface area contributed by atoms with E-state index in [1.54, 1.807) is 30.0 Å². The normalized spacial score (nSPS) is 15.3. The van der Waals surface area contributed by atoms with Crippen LogP contribution in [0.1, 0.15) is 27.7 Å². The van der Waals surface area contributed by atoms with E-state index in [0.29, 0.717) is 56.1 Å². The van der Waals surface area contributed by atoms with Crippen molar-refractivity contribution < 1.29 is 17.9 Å². The zero-order chi connectivity index (χ0) is 20.7. The predicted octanol–water partition coefficient (Wildman–Crippen LogP) is 2.63. The standard InChI is InChI=1S/C19H31N3O4S2/c1-5-22(6-2)28(24,25)16-7-8-18(21-9-11-26-12-10-21)17(13-16)20-19(23)14-27-15(3)4/h7-8,13,15H,5-6,9-12,14H2,1-4H3,(H,20,23). The lowest BCUT2D eigenvalue weighted by atomic mass is 10.2. The maximum Gasteiger partial charge on any atom is 0.243 e. The number of hydrogen-bond acceptors (Lipinski definition) is 6. The molecule has 0 bridgehead atoms. The Kier molecular flexibility index (Phi) is 8.60. The van der Waals surface area contributed by atoms with Crippen LogP contribution in [0, 0.1) is 0 Å². The molecular formula is C19H31N3O4S2. The number of amides is 1. The van der Waals surface area contributed by atoms with Gasteiger partial charge in [0.1, 0.15) is 0 Å². The number of benzene rings is 1. The Balaban J connectivity index is 2.36. The van der Waals surface area contributed by atoms with Crippen LogP contribution in [0.5, 0.6) is 0 Å². The van der Waals surface area contributed by atoms with Crippen molar-refractivity contribution in [1.82, 2.24) is 4.31 Å². The number of anilines is 2. The Morgan fingerprint density at radius 3 is 2.46 bits per heavy atom. The fourth-order valence-corrected chi connectivity index (χ4v) is 5.04. The van der Waals surface area contributed by atoms with Gasteiger partial charge in [-0.05, 0) is 23.4 Å². The van der Waals surface area contributed by atoms with Crippen LogP contribution in [0.15, 0.2) is 23.1 Å². The van der Waals surface area contributed by atoms with E-state index in [-0.39, 0.29) is 10.8 Å². The van der Waals surface area contributed by atoms with Gasteiger partial charge in [0.2, 0.25) is 15.9 Å². The summed E-state index contributed by atoms with van der Waals surface area (Å²) in [6.45, 7) is 11.1. The highest BCUT2D eigenvalue weighted by molar-refractivity contribution is 8.00. The minimum atomic E-state index is -3.60. The second-order valence-electron chi connectivity index (χ2n) is 6.78. The molecule has 0 radical (unpaired) electrons. The van der Waals surface area contributed by atoms with E-state index in [9.17, 15) is 13.2 Å². The third kappa shape index (κ3) is 5.85.